The highest BCUT2D eigenvalue weighted by molar-refractivity contribution is 5.76. The minimum Gasteiger partial charge on any atom is -0.348 e. The molecule has 1 atom stereocenters. The maximum Gasteiger partial charge on any atom is 0.242 e. The molecule has 2 rings (SSSR count). The predicted octanol–water partition coefficient (Wildman–Crippen LogP) is 1.26. The van der Waals surface area contributed by atoms with Crippen molar-refractivity contribution in [3.8, 4) is 0 Å². The number of aromatic nitrogens is 3. The van der Waals surface area contributed by atoms with Gasteiger partial charge in [-0.05, 0) is 19.0 Å². The molecule has 0 bridgehead atoms. The minimum atomic E-state index is -0.0775. The smallest absolute Gasteiger partial charge is 0.242 e. The third kappa shape index (κ3) is 4.68. The van der Waals surface area contributed by atoms with Gasteiger partial charge in [0.15, 0.2) is 0 Å². The van der Waals surface area contributed by atoms with Crippen LogP contribution in [0, 0.1) is 0 Å². The molecular weight excluding hydrogens is 266 g/mol. The van der Waals surface area contributed by atoms with E-state index in [4.69, 9.17) is 0 Å². The molecule has 2 N–H and O–H groups in total. The summed E-state index contributed by atoms with van der Waals surface area (Å²) in [7, 11) is 0. The fourth-order valence-electron chi connectivity index (χ4n) is 2.01. The van der Waals surface area contributed by atoms with Crippen molar-refractivity contribution in [3.63, 3.8) is 0 Å². The molecule has 6 heteroatoms. The summed E-state index contributed by atoms with van der Waals surface area (Å²) in [6.07, 6.45) is 1.79. The van der Waals surface area contributed by atoms with Crippen LogP contribution >= 0.6 is 0 Å². The van der Waals surface area contributed by atoms with Crippen LogP contribution in [0.15, 0.2) is 36.5 Å². The summed E-state index contributed by atoms with van der Waals surface area (Å²) in [5.74, 6) is -0.0775. The van der Waals surface area contributed by atoms with Crippen LogP contribution in [0.4, 0.5) is 0 Å². The molecule has 21 heavy (non-hydrogen) atoms. The Morgan fingerprint density at radius 3 is 2.81 bits per heavy atom. The zero-order chi connectivity index (χ0) is 15.1. The van der Waals surface area contributed by atoms with Crippen LogP contribution in [-0.2, 0) is 17.9 Å². The average Bonchev–Trinajstić information content (AvgIpc) is 2.93. The van der Waals surface area contributed by atoms with E-state index < -0.39 is 0 Å². The second-order valence-electron chi connectivity index (χ2n) is 4.89. The Bertz CT molecular complexity index is 566. The third-order valence-electron chi connectivity index (χ3n) is 3.12. The lowest BCUT2D eigenvalue weighted by Crippen LogP contribution is -2.30. The van der Waals surface area contributed by atoms with Crippen molar-refractivity contribution in [2.24, 2.45) is 0 Å². The van der Waals surface area contributed by atoms with Gasteiger partial charge in [-0.2, -0.15) is 0 Å². The van der Waals surface area contributed by atoms with Gasteiger partial charge in [0.2, 0.25) is 5.91 Å². The zero-order valence-corrected chi connectivity index (χ0v) is 12.4. The zero-order valence-electron chi connectivity index (χ0n) is 12.4. The first-order valence-electron chi connectivity index (χ1n) is 7.13. The molecular formula is C15H21N5O. The molecule has 2 aromatic rings. The molecule has 0 fully saturated rings. The van der Waals surface area contributed by atoms with Crippen molar-refractivity contribution in [1.29, 1.82) is 0 Å². The first-order chi connectivity index (χ1) is 10.2. The number of carbonyl (C=O) groups excluding carboxylic acids is 1. The van der Waals surface area contributed by atoms with Gasteiger partial charge in [0.1, 0.15) is 6.54 Å². The van der Waals surface area contributed by atoms with Crippen molar-refractivity contribution < 1.29 is 4.79 Å². The number of hydrogen-bond acceptors (Lipinski definition) is 4. The van der Waals surface area contributed by atoms with Gasteiger partial charge < -0.3 is 10.6 Å². The second-order valence-corrected chi connectivity index (χ2v) is 4.89. The normalized spacial score (nSPS) is 12.1. The van der Waals surface area contributed by atoms with Crippen LogP contribution in [0.2, 0.25) is 0 Å². The Morgan fingerprint density at radius 2 is 2.10 bits per heavy atom. The maximum atomic E-state index is 12.0. The Morgan fingerprint density at radius 1 is 1.33 bits per heavy atom. The summed E-state index contributed by atoms with van der Waals surface area (Å²) in [6.45, 7) is 5.71. The topological polar surface area (TPSA) is 71.8 Å². The van der Waals surface area contributed by atoms with Crippen molar-refractivity contribution in [2.75, 3.05) is 6.54 Å². The van der Waals surface area contributed by atoms with Gasteiger partial charge in [-0.15, -0.1) is 5.10 Å². The standard InChI is InChI=1S/C15H21N5O/c1-3-16-9-14-10-20(19-18-14)11-15(21)17-12(2)13-7-5-4-6-8-13/h4-8,10,12,16H,3,9,11H2,1-2H3,(H,17,21). The summed E-state index contributed by atoms with van der Waals surface area (Å²) >= 11 is 0. The summed E-state index contributed by atoms with van der Waals surface area (Å²) in [5, 5.41) is 14.1. The van der Waals surface area contributed by atoms with Gasteiger partial charge in [0.05, 0.1) is 17.9 Å². The molecule has 1 unspecified atom stereocenters. The van der Waals surface area contributed by atoms with E-state index in [-0.39, 0.29) is 18.5 Å². The van der Waals surface area contributed by atoms with Crippen LogP contribution in [0.3, 0.4) is 0 Å². The molecule has 1 aromatic heterocycles. The van der Waals surface area contributed by atoms with Gasteiger partial charge in [0.25, 0.3) is 0 Å². The molecule has 112 valence electrons. The second kappa shape index (κ2) is 7.54. The first-order valence-corrected chi connectivity index (χ1v) is 7.13. The van der Waals surface area contributed by atoms with E-state index in [0.717, 1.165) is 17.8 Å². The number of rotatable bonds is 7. The summed E-state index contributed by atoms with van der Waals surface area (Å²) in [5.41, 5.74) is 1.91. The fourth-order valence-corrected chi connectivity index (χ4v) is 2.01. The van der Waals surface area contributed by atoms with Crippen molar-refractivity contribution >= 4 is 5.91 Å². The number of benzene rings is 1. The SMILES string of the molecule is CCNCc1cn(CC(=O)NC(C)c2ccccc2)nn1. The van der Waals surface area contributed by atoms with Crippen LogP contribution in [0.5, 0.6) is 0 Å². The molecule has 0 radical (unpaired) electrons. The highest BCUT2D eigenvalue weighted by atomic mass is 16.2. The number of nitrogens with one attached hydrogen (secondary N) is 2. The number of nitrogens with zero attached hydrogens (tertiary/aromatic N) is 3. The van der Waals surface area contributed by atoms with Gasteiger partial charge in [-0.25, -0.2) is 4.68 Å². The van der Waals surface area contributed by atoms with E-state index >= 15 is 0 Å². The van der Waals surface area contributed by atoms with E-state index in [1.165, 1.54) is 0 Å². The monoisotopic (exact) mass is 287 g/mol. The Hall–Kier alpha value is -2.21. The molecule has 0 spiro atoms. The Labute approximate surface area is 124 Å². The number of hydrogen-bond donors (Lipinski definition) is 2. The molecule has 6 nitrogen and oxygen atoms in total. The van der Waals surface area contributed by atoms with E-state index in [0.29, 0.717) is 6.54 Å². The predicted molar refractivity (Wildman–Crippen MR) is 80.4 cm³/mol. The third-order valence-corrected chi connectivity index (χ3v) is 3.12. The van der Waals surface area contributed by atoms with E-state index in [1.54, 1.807) is 10.9 Å². The van der Waals surface area contributed by atoms with Crippen LogP contribution < -0.4 is 10.6 Å². The molecule has 1 amide bonds. The molecule has 0 aliphatic carbocycles. The van der Waals surface area contributed by atoms with Crippen molar-refractivity contribution in [3.05, 3.63) is 47.8 Å². The van der Waals surface area contributed by atoms with E-state index in [1.807, 2.05) is 44.2 Å². The fraction of sp³-hybridized carbons (Fsp3) is 0.400. The Kier molecular flexibility index (Phi) is 5.45. The van der Waals surface area contributed by atoms with Crippen LogP contribution in [0.25, 0.3) is 0 Å². The molecule has 0 aliphatic heterocycles. The van der Waals surface area contributed by atoms with Gasteiger partial charge in [-0.3, -0.25) is 4.79 Å². The lowest BCUT2D eigenvalue weighted by atomic mass is 10.1. The summed E-state index contributed by atoms with van der Waals surface area (Å²) in [4.78, 5) is 12.0. The van der Waals surface area contributed by atoms with Crippen LogP contribution in [-0.4, -0.2) is 27.4 Å². The number of carbonyl (C=O) groups is 1. The van der Waals surface area contributed by atoms with Crippen molar-refractivity contribution in [2.45, 2.75) is 33.0 Å². The lowest BCUT2D eigenvalue weighted by molar-refractivity contribution is -0.122. The van der Waals surface area contributed by atoms with Gasteiger partial charge in [-0.1, -0.05) is 42.5 Å². The molecule has 1 aromatic carbocycles. The Balaban J connectivity index is 1.85. The molecule has 0 saturated heterocycles. The lowest BCUT2D eigenvalue weighted by Gasteiger charge is -2.13. The molecule has 1 heterocycles. The van der Waals surface area contributed by atoms with Gasteiger partial charge >= 0.3 is 0 Å². The minimum absolute atomic E-state index is 0.0246. The summed E-state index contributed by atoms with van der Waals surface area (Å²) in [6, 6.07) is 9.84. The van der Waals surface area contributed by atoms with E-state index in [9.17, 15) is 4.79 Å². The first kappa shape index (κ1) is 15.2. The van der Waals surface area contributed by atoms with E-state index in [2.05, 4.69) is 20.9 Å². The molecule has 0 aliphatic rings. The highest BCUT2D eigenvalue weighted by Crippen LogP contribution is 2.10. The largest absolute Gasteiger partial charge is 0.348 e. The highest BCUT2D eigenvalue weighted by Gasteiger charge is 2.10. The quantitative estimate of drug-likeness (QED) is 0.804. The average molecular weight is 287 g/mol. The maximum absolute atomic E-state index is 12.0. The summed E-state index contributed by atoms with van der Waals surface area (Å²) < 4.78 is 1.56. The van der Waals surface area contributed by atoms with Crippen LogP contribution in [0.1, 0.15) is 31.1 Å². The number of amides is 1. The molecule has 0 saturated carbocycles. The van der Waals surface area contributed by atoms with Crippen molar-refractivity contribution in [1.82, 2.24) is 25.6 Å². The van der Waals surface area contributed by atoms with Gasteiger partial charge in [0, 0.05) is 6.54 Å².